The molecular formula is C22H25Cl2N3O2S. The Morgan fingerprint density at radius 1 is 1.00 bits per heavy atom. The topological polar surface area (TPSA) is 64.0 Å². The highest BCUT2D eigenvalue weighted by atomic mass is 35.5. The third kappa shape index (κ3) is 4.66. The number of nitrogens with zero attached hydrogens (tertiary/aromatic N) is 2. The van der Waals surface area contributed by atoms with Crippen molar-refractivity contribution in [2.24, 2.45) is 0 Å². The third-order valence-corrected chi connectivity index (χ3v) is 7.09. The lowest BCUT2D eigenvalue weighted by molar-refractivity contribution is 0.587. The minimum absolute atomic E-state index is 0.0516. The lowest BCUT2D eigenvalue weighted by Gasteiger charge is -2.19. The first-order chi connectivity index (χ1) is 13.9. The fraction of sp³-hybridized carbons (Fsp3) is 0.318. The van der Waals surface area contributed by atoms with Crippen LogP contribution in [0.5, 0.6) is 0 Å². The summed E-state index contributed by atoms with van der Waals surface area (Å²) in [5, 5.41) is 5.56. The minimum atomic E-state index is -3.75. The maximum absolute atomic E-state index is 13.0. The van der Waals surface area contributed by atoms with Crippen molar-refractivity contribution in [2.45, 2.75) is 51.5 Å². The largest absolute Gasteiger partial charge is 0.276 e. The van der Waals surface area contributed by atoms with Crippen molar-refractivity contribution in [3.8, 4) is 0 Å². The first-order valence-electron chi connectivity index (χ1n) is 9.50. The zero-order valence-corrected chi connectivity index (χ0v) is 20.0. The number of benzene rings is 2. The Labute approximate surface area is 188 Å². The van der Waals surface area contributed by atoms with E-state index in [1.54, 1.807) is 41.9 Å². The summed E-state index contributed by atoms with van der Waals surface area (Å²) in [6.45, 7) is 10.2. The molecule has 0 atom stereocenters. The van der Waals surface area contributed by atoms with Gasteiger partial charge in [0.1, 0.15) is 0 Å². The van der Waals surface area contributed by atoms with Crippen LogP contribution in [0.1, 0.15) is 43.3 Å². The highest BCUT2D eigenvalue weighted by Crippen LogP contribution is 2.29. The Bertz CT molecular complexity index is 1160. The van der Waals surface area contributed by atoms with E-state index in [4.69, 9.17) is 23.2 Å². The molecule has 0 saturated carbocycles. The molecule has 0 unspecified atom stereocenters. The Kier molecular flexibility index (Phi) is 6.23. The lowest BCUT2D eigenvalue weighted by Crippen LogP contribution is -2.15. The fourth-order valence-corrected chi connectivity index (χ4v) is 4.85. The van der Waals surface area contributed by atoms with Crippen LogP contribution in [0, 0.1) is 13.8 Å². The van der Waals surface area contributed by atoms with Gasteiger partial charge in [-0.05, 0) is 49.1 Å². The Morgan fingerprint density at radius 3 is 2.10 bits per heavy atom. The predicted octanol–water partition coefficient (Wildman–Crippen LogP) is 5.95. The summed E-state index contributed by atoms with van der Waals surface area (Å²) in [5.74, 6) is 0. The molecule has 0 aliphatic rings. The van der Waals surface area contributed by atoms with E-state index in [1.807, 2.05) is 19.1 Å². The summed E-state index contributed by atoms with van der Waals surface area (Å²) in [6.07, 6.45) is 0. The van der Waals surface area contributed by atoms with E-state index in [0.717, 1.165) is 11.1 Å². The average Bonchev–Trinajstić information content (AvgIpc) is 2.91. The number of aromatic nitrogens is 2. The molecule has 1 heterocycles. The van der Waals surface area contributed by atoms with Gasteiger partial charge < -0.3 is 0 Å². The summed E-state index contributed by atoms with van der Waals surface area (Å²) >= 11 is 12.5. The second kappa shape index (κ2) is 8.25. The van der Waals surface area contributed by atoms with Gasteiger partial charge in [0.25, 0.3) is 10.0 Å². The Morgan fingerprint density at radius 2 is 1.57 bits per heavy atom. The van der Waals surface area contributed by atoms with Crippen LogP contribution < -0.4 is 4.72 Å². The van der Waals surface area contributed by atoms with Gasteiger partial charge in [-0.1, -0.05) is 62.2 Å². The Balaban J connectivity index is 1.90. The summed E-state index contributed by atoms with van der Waals surface area (Å²) in [7, 11) is -3.75. The number of halogens is 2. The minimum Gasteiger partial charge on any atom is -0.276 e. The van der Waals surface area contributed by atoms with Gasteiger partial charge in [-0.25, -0.2) is 8.42 Å². The monoisotopic (exact) mass is 465 g/mol. The van der Waals surface area contributed by atoms with Crippen molar-refractivity contribution in [3.05, 3.63) is 75.0 Å². The molecule has 30 heavy (non-hydrogen) atoms. The van der Waals surface area contributed by atoms with Gasteiger partial charge in [-0.3, -0.25) is 9.40 Å². The molecule has 0 bridgehead atoms. The normalized spacial score (nSPS) is 12.2. The maximum Gasteiger partial charge on any atom is 0.262 e. The zero-order chi connectivity index (χ0) is 22.3. The molecule has 5 nitrogen and oxygen atoms in total. The maximum atomic E-state index is 13.0. The quantitative estimate of drug-likeness (QED) is 0.505. The van der Waals surface area contributed by atoms with Gasteiger partial charge in [-0.15, -0.1) is 0 Å². The molecule has 3 aromatic rings. The van der Waals surface area contributed by atoms with Crippen LogP contribution >= 0.6 is 23.2 Å². The molecule has 0 aliphatic heterocycles. The van der Waals surface area contributed by atoms with Crippen LogP contribution in [0.3, 0.4) is 0 Å². The van der Waals surface area contributed by atoms with Crippen LogP contribution in [0.2, 0.25) is 10.0 Å². The average molecular weight is 466 g/mol. The van der Waals surface area contributed by atoms with Gasteiger partial charge in [0.05, 0.1) is 28.5 Å². The second-order valence-corrected chi connectivity index (χ2v) is 10.8. The number of sulfonamides is 1. The smallest absolute Gasteiger partial charge is 0.262 e. The Hall–Kier alpha value is -2.02. The van der Waals surface area contributed by atoms with Gasteiger partial charge in [-0.2, -0.15) is 5.10 Å². The standard InChI is InChI=1S/C22H25Cl2N3O2S/c1-14-21(15(2)27(25-14)13-18-19(23)7-6-8-20(18)24)26-30(28,29)17-11-9-16(10-12-17)22(3,4)5/h6-12,26H,13H2,1-5H3. The lowest BCUT2D eigenvalue weighted by atomic mass is 9.87. The van der Waals surface area contributed by atoms with Crippen molar-refractivity contribution in [1.29, 1.82) is 0 Å². The molecule has 0 fully saturated rings. The van der Waals surface area contributed by atoms with E-state index in [-0.39, 0.29) is 10.3 Å². The number of rotatable bonds is 5. The predicted molar refractivity (Wildman–Crippen MR) is 123 cm³/mol. The summed E-state index contributed by atoms with van der Waals surface area (Å²) in [6, 6.07) is 12.2. The van der Waals surface area contributed by atoms with Crippen molar-refractivity contribution in [3.63, 3.8) is 0 Å². The van der Waals surface area contributed by atoms with E-state index < -0.39 is 10.0 Å². The highest BCUT2D eigenvalue weighted by Gasteiger charge is 2.22. The first-order valence-corrected chi connectivity index (χ1v) is 11.7. The number of hydrogen-bond donors (Lipinski definition) is 1. The zero-order valence-electron chi connectivity index (χ0n) is 17.6. The molecule has 0 aliphatic carbocycles. The molecule has 3 rings (SSSR count). The molecular weight excluding hydrogens is 441 g/mol. The molecule has 0 amide bonds. The van der Waals surface area contributed by atoms with E-state index in [0.29, 0.717) is 33.7 Å². The number of aryl methyl sites for hydroxylation is 1. The van der Waals surface area contributed by atoms with Crippen molar-refractivity contribution >= 4 is 38.9 Å². The summed E-state index contributed by atoms with van der Waals surface area (Å²) < 4.78 is 30.3. The van der Waals surface area contributed by atoms with Gasteiger partial charge in [0.2, 0.25) is 0 Å². The van der Waals surface area contributed by atoms with Crippen LogP contribution in [0.4, 0.5) is 5.69 Å². The van der Waals surface area contributed by atoms with Crippen LogP contribution in [0.15, 0.2) is 47.4 Å². The van der Waals surface area contributed by atoms with Crippen molar-refractivity contribution in [1.82, 2.24) is 9.78 Å². The van der Waals surface area contributed by atoms with E-state index in [9.17, 15) is 8.42 Å². The molecule has 160 valence electrons. The van der Waals surface area contributed by atoms with E-state index in [1.165, 1.54) is 0 Å². The molecule has 1 N–H and O–H groups in total. The van der Waals surface area contributed by atoms with Gasteiger partial charge >= 0.3 is 0 Å². The summed E-state index contributed by atoms with van der Waals surface area (Å²) in [4.78, 5) is 0.205. The highest BCUT2D eigenvalue weighted by molar-refractivity contribution is 7.92. The van der Waals surface area contributed by atoms with Gasteiger partial charge in [0, 0.05) is 15.6 Å². The van der Waals surface area contributed by atoms with E-state index >= 15 is 0 Å². The van der Waals surface area contributed by atoms with Gasteiger partial charge in [0.15, 0.2) is 0 Å². The molecule has 0 saturated heterocycles. The number of hydrogen-bond acceptors (Lipinski definition) is 3. The van der Waals surface area contributed by atoms with Crippen LogP contribution in [0.25, 0.3) is 0 Å². The van der Waals surface area contributed by atoms with Crippen LogP contribution in [-0.2, 0) is 22.0 Å². The molecule has 0 radical (unpaired) electrons. The first kappa shape index (κ1) is 22.7. The fourth-order valence-electron chi connectivity index (χ4n) is 3.16. The number of anilines is 1. The molecule has 1 aromatic heterocycles. The molecule has 8 heteroatoms. The molecule has 2 aromatic carbocycles. The van der Waals surface area contributed by atoms with Crippen molar-refractivity contribution in [2.75, 3.05) is 4.72 Å². The second-order valence-electron chi connectivity index (χ2n) is 8.28. The summed E-state index contributed by atoms with van der Waals surface area (Å²) in [5.41, 5.74) is 3.46. The molecule has 0 spiro atoms. The third-order valence-electron chi connectivity index (χ3n) is 5.02. The SMILES string of the molecule is Cc1nn(Cc2c(Cl)cccc2Cl)c(C)c1NS(=O)(=O)c1ccc(C(C)(C)C)cc1. The van der Waals surface area contributed by atoms with Crippen LogP contribution in [-0.4, -0.2) is 18.2 Å². The van der Waals surface area contributed by atoms with E-state index in [2.05, 4.69) is 30.6 Å². The number of nitrogens with one attached hydrogen (secondary N) is 1. The van der Waals surface area contributed by atoms with Crippen molar-refractivity contribution < 1.29 is 8.42 Å².